The molecular formula is C20H32SiZr. The zero-order chi connectivity index (χ0) is 16.7. The molecule has 0 aromatic carbocycles. The van der Waals surface area contributed by atoms with Crippen LogP contribution in [-0.2, 0) is 20.4 Å². The van der Waals surface area contributed by atoms with Gasteiger partial charge in [-0.25, -0.2) is 0 Å². The van der Waals surface area contributed by atoms with Crippen molar-refractivity contribution >= 4 is 5.43 Å². The minimum atomic E-state index is -1.59. The number of allylic oxidation sites excluding steroid dienone is 8. The standard InChI is InChI=1S/2C9H13.C2H6Si.Zr/c2*1-9(2,3)8-6-4-5-7-8;1-3-2;/h2*6-7H,4H2,1-3H3;1-2H3;. The van der Waals surface area contributed by atoms with Crippen molar-refractivity contribution in [3.8, 4) is 0 Å². The quantitative estimate of drug-likeness (QED) is 0.479. The van der Waals surface area contributed by atoms with Crippen molar-refractivity contribution in [3.05, 3.63) is 42.0 Å². The fourth-order valence-electron chi connectivity index (χ4n) is 3.29. The zero-order valence-electron chi connectivity index (χ0n) is 15.7. The molecule has 0 N–H and O–H groups in total. The van der Waals surface area contributed by atoms with E-state index in [0.717, 1.165) is 0 Å². The van der Waals surface area contributed by atoms with Crippen LogP contribution in [0.25, 0.3) is 0 Å². The topological polar surface area (TPSA) is 0 Å². The van der Waals surface area contributed by atoms with E-state index >= 15 is 0 Å². The van der Waals surface area contributed by atoms with Gasteiger partial charge in [-0.15, -0.1) is 0 Å². The summed E-state index contributed by atoms with van der Waals surface area (Å²) in [5.41, 5.74) is 3.59. The van der Waals surface area contributed by atoms with Crippen LogP contribution in [0, 0.1) is 10.8 Å². The first-order chi connectivity index (χ1) is 10.00. The van der Waals surface area contributed by atoms with Gasteiger partial charge in [-0.05, 0) is 0 Å². The number of rotatable bonds is 2. The molecule has 0 aromatic rings. The molecular weight excluding hydrogens is 360 g/mol. The van der Waals surface area contributed by atoms with Gasteiger partial charge in [-0.1, -0.05) is 0 Å². The van der Waals surface area contributed by atoms with Crippen LogP contribution in [0.4, 0.5) is 0 Å². The third kappa shape index (κ3) is 4.12. The summed E-state index contributed by atoms with van der Waals surface area (Å²) in [4.78, 5) is 0. The fourth-order valence-corrected chi connectivity index (χ4v) is 20.1. The SMILES string of the molecule is C[Si](C)=[Zr]([C]1=CC(C(C)(C)C)=CC1)[C]1=CC(C(C)(C)C)=CC1. The molecule has 0 heterocycles. The summed E-state index contributed by atoms with van der Waals surface area (Å²) in [5, 5.41) is 0. The summed E-state index contributed by atoms with van der Waals surface area (Å²) in [5.74, 6) is 0. The molecule has 0 saturated heterocycles. The summed E-state index contributed by atoms with van der Waals surface area (Å²) in [6, 6.07) is 0. The maximum absolute atomic E-state index is 2.60. The van der Waals surface area contributed by atoms with E-state index in [0.29, 0.717) is 10.8 Å². The Morgan fingerprint density at radius 2 is 1.14 bits per heavy atom. The fraction of sp³-hybridized carbons (Fsp3) is 0.600. The Hall–Kier alpha value is 0.0600. The molecule has 2 aliphatic rings. The Kier molecular flexibility index (Phi) is 5.45. The Morgan fingerprint density at radius 1 is 0.773 bits per heavy atom. The maximum atomic E-state index is 2.60. The Bertz CT molecular complexity index is 572. The first-order valence-electron chi connectivity index (χ1n) is 8.51. The average Bonchev–Trinajstić information content (AvgIpc) is 2.95. The normalized spacial score (nSPS) is 18.7. The van der Waals surface area contributed by atoms with E-state index in [9.17, 15) is 0 Å². The zero-order valence-corrected chi connectivity index (χ0v) is 19.2. The van der Waals surface area contributed by atoms with Gasteiger partial charge in [0.15, 0.2) is 0 Å². The molecule has 0 nitrogen and oxygen atoms in total. The molecule has 0 aliphatic heterocycles. The van der Waals surface area contributed by atoms with Gasteiger partial charge in [0, 0.05) is 0 Å². The molecule has 0 atom stereocenters. The predicted molar refractivity (Wildman–Crippen MR) is 98.0 cm³/mol. The Morgan fingerprint density at radius 3 is 1.36 bits per heavy atom. The first-order valence-corrected chi connectivity index (χ1v) is 17.2. The van der Waals surface area contributed by atoms with Crippen molar-refractivity contribution in [2.24, 2.45) is 10.8 Å². The predicted octanol–water partition coefficient (Wildman–Crippen LogP) is 6.38. The molecule has 120 valence electrons. The molecule has 22 heavy (non-hydrogen) atoms. The van der Waals surface area contributed by atoms with Crippen molar-refractivity contribution in [2.45, 2.75) is 67.5 Å². The van der Waals surface area contributed by atoms with Crippen LogP contribution in [0.15, 0.2) is 42.0 Å². The van der Waals surface area contributed by atoms with Gasteiger partial charge in [-0.3, -0.25) is 0 Å². The molecule has 0 fully saturated rings. The molecule has 0 spiro atoms. The van der Waals surface area contributed by atoms with Gasteiger partial charge in [0.05, 0.1) is 0 Å². The van der Waals surface area contributed by atoms with Gasteiger partial charge in [0.2, 0.25) is 0 Å². The number of hydrogen-bond donors (Lipinski definition) is 0. The van der Waals surface area contributed by atoms with E-state index in [1.54, 1.807) is 11.1 Å². The van der Waals surface area contributed by atoms with Gasteiger partial charge < -0.3 is 0 Å². The van der Waals surface area contributed by atoms with Crippen molar-refractivity contribution in [1.29, 1.82) is 0 Å². The van der Waals surface area contributed by atoms with E-state index in [1.807, 2.05) is 6.56 Å². The van der Waals surface area contributed by atoms with Crippen LogP contribution in [0.2, 0.25) is 13.1 Å². The van der Waals surface area contributed by atoms with Crippen LogP contribution in [-0.4, -0.2) is 5.43 Å². The van der Waals surface area contributed by atoms with Gasteiger partial charge in [-0.2, -0.15) is 0 Å². The van der Waals surface area contributed by atoms with Crippen molar-refractivity contribution < 1.29 is 20.4 Å². The third-order valence-corrected chi connectivity index (χ3v) is 21.7. The molecule has 0 bridgehead atoms. The average molecular weight is 392 g/mol. The molecule has 2 rings (SSSR count). The second kappa shape index (κ2) is 6.52. The van der Waals surface area contributed by atoms with Crippen LogP contribution in [0.5, 0.6) is 0 Å². The molecule has 0 radical (unpaired) electrons. The van der Waals surface area contributed by atoms with E-state index in [-0.39, 0.29) is 5.43 Å². The molecule has 2 aliphatic carbocycles. The van der Waals surface area contributed by atoms with E-state index in [2.05, 4.69) is 78.9 Å². The minimum absolute atomic E-state index is 0.182. The summed E-state index contributed by atoms with van der Waals surface area (Å²) in [6.07, 6.45) is 12.7. The van der Waals surface area contributed by atoms with Crippen molar-refractivity contribution in [3.63, 3.8) is 0 Å². The molecule has 0 amide bonds. The van der Waals surface area contributed by atoms with Crippen molar-refractivity contribution in [1.82, 2.24) is 0 Å². The molecule has 2 heteroatoms. The summed E-state index contributed by atoms with van der Waals surface area (Å²) < 4.78 is 3.72. The third-order valence-electron chi connectivity index (χ3n) is 4.62. The summed E-state index contributed by atoms with van der Waals surface area (Å²) in [7, 11) is 0. The number of hydrogen-bond acceptors (Lipinski definition) is 0. The second-order valence-electron chi connectivity index (χ2n) is 8.94. The second-order valence-corrected chi connectivity index (χ2v) is 26.3. The van der Waals surface area contributed by atoms with Crippen LogP contribution in [0.3, 0.4) is 0 Å². The van der Waals surface area contributed by atoms with Gasteiger partial charge >= 0.3 is 146 Å². The molecule has 0 unspecified atom stereocenters. The van der Waals surface area contributed by atoms with E-state index < -0.39 is 20.4 Å². The van der Waals surface area contributed by atoms with Crippen LogP contribution in [0.1, 0.15) is 54.4 Å². The van der Waals surface area contributed by atoms with Crippen LogP contribution < -0.4 is 0 Å². The molecule has 0 aromatic heterocycles. The van der Waals surface area contributed by atoms with E-state index in [1.165, 1.54) is 12.8 Å². The van der Waals surface area contributed by atoms with Crippen LogP contribution >= 0.6 is 0 Å². The summed E-state index contributed by atoms with van der Waals surface area (Å²) in [6.45, 7) is 19.2. The monoisotopic (exact) mass is 390 g/mol. The van der Waals surface area contributed by atoms with E-state index in [4.69, 9.17) is 0 Å². The summed E-state index contributed by atoms with van der Waals surface area (Å²) >= 11 is -1.59. The Balaban J connectivity index is 2.32. The first kappa shape index (κ1) is 18.4. The van der Waals surface area contributed by atoms with Gasteiger partial charge in [0.25, 0.3) is 0 Å². The van der Waals surface area contributed by atoms with Crippen molar-refractivity contribution in [2.75, 3.05) is 0 Å². The molecule has 0 saturated carbocycles. The van der Waals surface area contributed by atoms with Gasteiger partial charge in [0.1, 0.15) is 0 Å². The Labute approximate surface area is 145 Å².